The molecule has 7 nitrogen and oxygen atoms in total. The number of H-pyrrole nitrogens is 1. The average molecular weight is 396 g/mol. The zero-order valence-electron chi connectivity index (χ0n) is 16.0. The number of aromatic amines is 1. The number of aromatic nitrogens is 2. The topological polar surface area (TPSA) is 78.5 Å². The quantitative estimate of drug-likeness (QED) is 0.670. The van der Waals surface area contributed by atoms with Crippen LogP contribution in [0.15, 0.2) is 42.5 Å². The molecule has 1 N–H and O–H groups in total. The number of hydrogen-bond acceptors (Lipinski definition) is 5. The first-order valence-electron chi connectivity index (χ1n) is 9.37. The maximum absolute atomic E-state index is 13.0. The van der Waals surface area contributed by atoms with Gasteiger partial charge >= 0.3 is 0 Å². The summed E-state index contributed by atoms with van der Waals surface area (Å²) in [5, 5.41) is 7.82. The number of ether oxygens (including phenoxy) is 1. The predicted octanol–water partition coefficient (Wildman–Crippen LogP) is 2.35. The number of halogens is 1. The minimum absolute atomic E-state index is 0.0583. The number of ketones is 1. The van der Waals surface area contributed by atoms with E-state index in [1.165, 1.54) is 24.3 Å². The van der Waals surface area contributed by atoms with Crippen LogP contribution < -0.4 is 4.74 Å². The summed E-state index contributed by atoms with van der Waals surface area (Å²) in [7, 11) is 1.59. The fourth-order valence-electron chi connectivity index (χ4n) is 3.48. The number of nitrogens with one attached hydrogen (secondary N) is 1. The lowest BCUT2D eigenvalue weighted by atomic mass is 10.1. The van der Waals surface area contributed by atoms with Gasteiger partial charge in [-0.1, -0.05) is 0 Å². The average Bonchev–Trinajstić information content (AvgIpc) is 3.17. The maximum atomic E-state index is 13.0. The fourth-order valence-corrected chi connectivity index (χ4v) is 3.48. The predicted molar refractivity (Wildman–Crippen MR) is 106 cm³/mol. The second kappa shape index (κ2) is 8.00. The Kier molecular flexibility index (Phi) is 5.26. The standard InChI is InChI=1S/C21H21FN4O3/c1-29-16-6-7-17-18(12-16)23-24-20(17)21(28)26-10-8-25(9-11-26)13-19(27)14-2-4-15(22)5-3-14/h2-7,12H,8-11,13H2,1H3,(H,23,24). The third-order valence-electron chi connectivity index (χ3n) is 5.17. The van der Waals surface area contributed by atoms with Crippen molar-refractivity contribution in [1.29, 1.82) is 0 Å². The molecule has 1 aliphatic rings. The van der Waals surface area contributed by atoms with E-state index in [0.717, 1.165) is 10.9 Å². The van der Waals surface area contributed by atoms with Crippen molar-refractivity contribution < 1.29 is 18.7 Å². The summed E-state index contributed by atoms with van der Waals surface area (Å²) in [6.07, 6.45) is 0. The highest BCUT2D eigenvalue weighted by Gasteiger charge is 2.26. The van der Waals surface area contributed by atoms with Crippen molar-refractivity contribution in [2.45, 2.75) is 0 Å². The second-order valence-electron chi connectivity index (χ2n) is 6.98. The van der Waals surface area contributed by atoms with Crippen LogP contribution in [0.3, 0.4) is 0 Å². The molecule has 1 fully saturated rings. The number of benzene rings is 2. The van der Waals surface area contributed by atoms with Gasteiger partial charge in [-0.25, -0.2) is 4.39 Å². The van der Waals surface area contributed by atoms with E-state index in [4.69, 9.17) is 4.74 Å². The molecular weight excluding hydrogens is 375 g/mol. The molecule has 1 aromatic heterocycles. The summed E-state index contributed by atoms with van der Waals surface area (Å²) in [6.45, 7) is 2.46. The minimum Gasteiger partial charge on any atom is -0.497 e. The van der Waals surface area contributed by atoms with Gasteiger partial charge in [-0.2, -0.15) is 5.10 Å². The Morgan fingerprint density at radius 1 is 1.10 bits per heavy atom. The van der Waals surface area contributed by atoms with Gasteiger partial charge in [0.1, 0.15) is 11.6 Å². The molecule has 1 saturated heterocycles. The van der Waals surface area contributed by atoms with Crippen molar-refractivity contribution in [2.24, 2.45) is 0 Å². The zero-order valence-corrected chi connectivity index (χ0v) is 16.0. The highest BCUT2D eigenvalue weighted by Crippen LogP contribution is 2.23. The van der Waals surface area contributed by atoms with E-state index in [2.05, 4.69) is 10.2 Å². The lowest BCUT2D eigenvalue weighted by Crippen LogP contribution is -2.50. The third kappa shape index (κ3) is 3.97. The van der Waals surface area contributed by atoms with Crippen molar-refractivity contribution in [2.75, 3.05) is 39.8 Å². The van der Waals surface area contributed by atoms with Gasteiger partial charge in [-0.3, -0.25) is 19.6 Å². The van der Waals surface area contributed by atoms with Gasteiger partial charge in [-0.05, 0) is 36.4 Å². The maximum Gasteiger partial charge on any atom is 0.275 e. The minimum atomic E-state index is -0.363. The molecule has 0 saturated carbocycles. The molecule has 0 aliphatic carbocycles. The molecule has 1 amide bonds. The van der Waals surface area contributed by atoms with Crippen molar-refractivity contribution >= 4 is 22.6 Å². The second-order valence-corrected chi connectivity index (χ2v) is 6.98. The van der Waals surface area contributed by atoms with Gasteiger partial charge in [0, 0.05) is 43.2 Å². The molecule has 0 spiro atoms. The van der Waals surface area contributed by atoms with Crippen molar-refractivity contribution in [3.05, 3.63) is 59.5 Å². The van der Waals surface area contributed by atoms with Gasteiger partial charge in [0.15, 0.2) is 11.5 Å². The molecule has 8 heteroatoms. The van der Waals surface area contributed by atoms with Gasteiger partial charge in [-0.15, -0.1) is 0 Å². The fraction of sp³-hybridized carbons (Fsp3) is 0.286. The SMILES string of the molecule is COc1ccc2c(C(=O)N3CCN(CC(=O)c4ccc(F)cc4)CC3)n[nH]c2c1. The number of hydrogen-bond donors (Lipinski definition) is 1. The summed E-state index contributed by atoms with van der Waals surface area (Å²) in [6, 6.07) is 11.0. The largest absolute Gasteiger partial charge is 0.497 e. The molecule has 0 bridgehead atoms. The molecule has 0 unspecified atom stereocenters. The molecule has 2 heterocycles. The number of carbonyl (C=O) groups excluding carboxylic acids is 2. The Balaban J connectivity index is 1.37. The van der Waals surface area contributed by atoms with E-state index in [0.29, 0.717) is 43.2 Å². The summed E-state index contributed by atoms with van der Waals surface area (Å²) < 4.78 is 18.2. The number of nitrogens with zero attached hydrogens (tertiary/aromatic N) is 3. The van der Waals surface area contributed by atoms with E-state index >= 15 is 0 Å². The van der Waals surface area contributed by atoms with Crippen molar-refractivity contribution in [3.8, 4) is 5.75 Å². The first-order valence-corrected chi connectivity index (χ1v) is 9.37. The Morgan fingerprint density at radius 2 is 1.83 bits per heavy atom. The van der Waals surface area contributed by atoms with Crippen LogP contribution in [0.5, 0.6) is 5.75 Å². The molecule has 2 aromatic carbocycles. The third-order valence-corrected chi connectivity index (χ3v) is 5.17. The molecule has 29 heavy (non-hydrogen) atoms. The van der Waals surface area contributed by atoms with Crippen LogP contribution in [0.25, 0.3) is 10.9 Å². The molecule has 1 aliphatic heterocycles. The van der Waals surface area contributed by atoms with E-state index in [9.17, 15) is 14.0 Å². The van der Waals surface area contributed by atoms with E-state index in [1.807, 2.05) is 11.0 Å². The highest BCUT2D eigenvalue weighted by molar-refractivity contribution is 6.05. The number of methoxy groups -OCH3 is 1. The van der Waals surface area contributed by atoms with E-state index in [-0.39, 0.29) is 24.1 Å². The van der Waals surface area contributed by atoms with Gasteiger partial charge in [0.05, 0.1) is 19.2 Å². The van der Waals surface area contributed by atoms with Crippen LogP contribution in [-0.4, -0.2) is 71.5 Å². The smallest absolute Gasteiger partial charge is 0.275 e. The number of amides is 1. The Bertz CT molecular complexity index is 1040. The number of fused-ring (bicyclic) bond motifs is 1. The molecule has 3 aromatic rings. The van der Waals surface area contributed by atoms with Crippen LogP contribution >= 0.6 is 0 Å². The van der Waals surface area contributed by atoms with Gasteiger partial charge < -0.3 is 9.64 Å². The summed E-state index contributed by atoms with van der Waals surface area (Å²) in [4.78, 5) is 29.0. The van der Waals surface area contributed by atoms with Crippen LogP contribution in [-0.2, 0) is 0 Å². The first-order chi connectivity index (χ1) is 14.0. The Labute approximate surface area is 167 Å². The number of carbonyl (C=O) groups is 2. The molecule has 4 rings (SSSR count). The van der Waals surface area contributed by atoms with E-state index < -0.39 is 0 Å². The lowest BCUT2D eigenvalue weighted by molar-refractivity contribution is 0.0621. The highest BCUT2D eigenvalue weighted by atomic mass is 19.1. The first kappa shape index (κ1) is 19.1. The number of rotatable bonds is 5. The van der Waals surface area contributed by atoms with Crippen LogP contribution in [0, 0.1) is 5.82 Å². The number of piperazine rings is 1. The normalized spacial score (nSPS) is 14.9. The molecule has 0 atom stereocenters. The van der Waals surface area contributed by atoms with E-state index in [1.54, 1.807) is 24.1 Å². The lowest BCUT2D eigenvalue weighted by Gasteiger charge is -2.34. The number of Topliss-reactive ketones (excluding diaryl/α,β-unsaturated/α-hetero) is 1. The summed E-state index contributed by atoms with van der Waals surface area (Å²) >= 11 is 0. The molecular formula is C21H21FN4O3. The molecule has 0 radical (unpaired) electrons. The van der Waals surface area contributed by atoms with Crippen molar-refractivity contribution in [1.82, 2.24) is 20.0 Å². The van der Waals surface area contributed by atoms with Gasteiger partial charge in [0.25, 0.3) is 5.91 Å². The summed E-state index contributed by atoms with van der Waals surface area (Å²) in [5.41, 5.74) is 1.62. The zero-order chi connectivity index (χ0) is 20.4. The van der Waals surface area contributed by atoms with Crippen LogP contribution in [0.4, 0.5) is 4.39 Å². The molecule has 150 valence electrons. The Morgan fingerprint density at radius 3 is 2.52 bits per heavy atom. The van der Waals surface area contributed by atoms with Crippen molar-refractivity contribution in [3.63, 3.8) is 0 Å². The summed E-state index contributed by atoms with van der Waals surface area (Å²) in [5.74, 6) is 0.139. The van der Waals surface area contributed by atoms with Crippen LogP contribution in [0.2, 0.25) is 0 Å². The van der Waals surface area contributed by atoms with Crippen LogP contribution in [0.1, 0.15) is 20.8 Å². The van der Waals surface area contributed by atoms with Gasteiger partial charge in [0.2, 0.25) is 0 Å². The monoisotopic (exact) mass is 396 g/mol. The Hall–Kier alpha value is -3.26.